The SMILES string of the molecule is O=C1N(c2ccc3nc[nH]c3c2)Cc2cnc(NCC3CC3)nc2C12CCNC2. The van der Waals surface area contributed by atoms with E-state index >= 15 is 0 Å². The Hall–Kier alpha value is -3.00. The molecule has 3 aliphatic rings. The molecule has 2 aromatic heterocycles. The highest BCUT2D eigenvalue weighted by molar-refractivity contribution is 6.04. The van der Waals surface area contributed by atoms with Crippen molar-refractivity contribution in [1.29, 1.82) is 0 Å². The summed E-state index contributed by atoms with van der Waals surface area (Å²) >= 11 is 0. The molecule has 8 heteroatoms. The fourth-order valence-corrected chi connectivity index (χ4v) is 4.56. The summed E-state index contributed by atoms with van der Waals surface area (Å²) in [6.45, 7) is 2.82. The first-order valence-corrected chi connectivity index (χ1v) is 10.3. The van der Waals surface area contributed by atoms with Crippen LogP contribution in [0.3, 0.4) is 0 Å². The molecule has 3 aromatic rings. The number of nitrogens with one attached hydrogen (secondary N) is 3. The van der Waals surface area contributed by atoms with E-state index in [1.807, 2.05) is 29.3 Å². The van der Waals surface area contributed by atoms with E-state index in [-0.39, 0.29) is 5.91 Å². The molecule has 3 N–H and O–H groups in total. The Bertz CT molecular complexity index is 1100. The second-order valence-electron chi connectivity index (χ2n) is 8.40. The van der Waals surface area contributed by atoms with E-state index in [1.165, 1.54) is 12.8 Å². The molecule has 1 atom stereocenters. The highest BCUT2D eigenvalue weighted by Gasteiger charge is 2.51. The van der Waals surface area contributed by atoms with Crippen LogP contribution in [0.1, 0.15) is 30.5 Å². The van der Waals surface area contributed by atoms with Crippen molar-refractivity contribution in [2.75, 3.05) is 29.9 Å². The molecule has 0 radical (unpaired) electrons. The van der Waals surface area contributed by atoms with Gasteiger partial charge in [-0.25, -0.2) is 15.0 Å². The molecule has 1 amide bonds. The third-order valence-electron chi connectivity index (χ3n) is 6.42. The van der Waals surface area contributed by atoms with Crippen LogP contribution >= 0.6 is 0 Å². The van der Waals surface area contributed by atoms with Gasteiger partial charge in [-0.2, -0.15) is 0 Å². The van der Waals surface area contributed by atoms with Gasteiger partial charge in [0.05, 0.1) is 29.6 Å². The third-order valence-corrected chi connectivity index (χ3v) is 6.42. The number of aromatic nitrogens is 4. The minimum Gasteiger partial charge on any atom is -0.354 e. The van der Waals surface area contributed by atoms with Crippen molar-refractivity contribution in [1.82, 2.24) is 25.3 Å². The third kappa shape index (κ3) is 2.70. The van der Waals surface area contributed by atoms with Crippen molar-refractivity contribution in [3.8, 4) is 0 Å². The van der Waals surface area contributed by atoms with E-state index in [2.05, 4.69) is 25.6 Å². The van der Waals surface area contributed by atoms with Crippen molar-refractivity contribution < 1.29 is 4.79 Å². The number of nitrogens with zero attached hydrogens (tertiary/aromatic N) is 4. The van der Waals surface area contributed by atoms with Gasteiger partial charge in [-0.05, 0) is 49.9 Å². The van der Waals surface area contributed by atoms with Gasteiger partial charge in [0.1, 0.15) is 5.41 Å². The molecule has 0 bridgehead atoms. The van der Waals surface area contributed by atoms with Crippen LogP contribution < -0.4 is 15.5 Å². The highest BCUT2D eigenvalue weighted by Crippen LogP contribution is 2.40. The smallest absolute Gasteiger partial charge is 0.240 e. The van der Waals surface area contributed by atoms with E-state index in [0.717, 1.165) is 53.4 Å². The number of imidazole rings is 1. The lowest BCUT2D eigenvalue weighted by Crippen LogP contribution is -2.53. The zero-order chi connectivity index (χ0) is 19.4. The minimum absolute atomic E-state index is 0.112. The van der Waals surface area contributed by atoms with Gasteiger partial charge < -0.3 is 20.5 Å². The number of rotatable bonds is 4. The predicted octanol–water partition coefficient (Wildman–Crippen LogP) is 1.95. The quantitative estimate of drug-likeness (QED) is 0.631. The molecule has 1 unspecified atom stereocenters. The summed E-state index contributed by atoms with van der Waals surface area (Å²) in [5.41, 5.74) is 3.98. The van der Waals surface area contributed by atoms with Crippen LogP contribution in [0.5, 0.6) is 0 Å². The zero-order valence-electron chi connectivity index (χ0n) is 16.1. The monoisotopic (exact) mass is 389 g/mol. The Morgan fingerprint density at radius 1 is 1.28 bits per heavy atom. The molecule has 29 heavy (non-hydrogen) atoms. The molecule has 148 valence electrons. The summed E-state index contributed by atoms with van der Waals surface area (Å²) in [4.78, 5) is 32.4. The van der Waals surface area contributed by atoms with E-state index in [4.69, 9.17) is 4.98 Å². The van der Waals surface area contributed by atoms with Crippen molar-refractivity contribution >= 4 is 28.6 Å². The Morgan fingerprint density at radius 3 is 3.03 bits per heavy atom. The second-order valence-corrected chi connectivity index (χ2v) is 8.40. The first kappa shape index (κ1) is 16.9. The second kappa shape index (κ2) is 6.25. The van der Waals surface area contributed by atoms with Crippen LogP contribution in [0.25, 0.3) is 11.0 Å². The van der Waals surface area contributed by atoms with E-state index in [9.17, 15) is 4.79 Å². The van der Waals surface area contributed by atoms with Crippen LogP contribution in [-0.4, -0.2) is 45.5 Å². The van der Waals surface area contributed by atoms with Crippen LogP contribution in [0.15, 0.2) is 30.7 Å². The summed E-state index contributed by atoms with van der Waals surface area (Å²) < 4.78 is 0. The maximum Gasteiger partial charge on any atom is 0.240 e. The molecule has 4 heterocycles. The number of carbonyl (C=O) groups is 1. The number of hydrogen-bond donors (Lipinski definition) is 3. The van der Waals surface area contributed by atoms with Crippen LogP contribution in [0.2, 0.25) is 0 Å². The van der Waals surface area contributed by atoms with Gasteiger partial charge in [0.25, 0.3) is 0 Å². The van der Waals surface area contributed by atoms with Gasteiger partial charge in [-0.3, -0.25) is 4.79 Å². The summed E-state index contributed by atoms with van der Waals surface area (Å²) in [6, 6.07) is 5.91. The molecule has 1 aromatic carbocycles. The topological polar surface area (TPSA) is 98.8 Å². The molecule has 2 aliphatic heterocycles. The maximum absolute atomic E-state index is 13.8. The van der Waals surface area contributed by atoms with E-state index in [1.54, 1.807) is 6.33 Å². The average molecular weight is 389 g/mol. The summed E-state index contributed by atoms with van der Waals surface area (Å²) in [6.07, 6.45) is 6.88. The Balaban J connectivity index is 1.40. The molecule has 6 rings (SSSR count). The van der Waals surface area contributed by atoms with Crippen molar-refractivity contribution in [2.24, 2.45) is 5.92 Å². The molecular weight excluding hydrogens is 366 g/mol. The fraction of sp³-hybridized carbons (Fsp3) is 0.429. The Kier molecular flexibility index (Phi) is 3.64. The van der Waals surface area contributed by atoms with Gasteiger partial charge in [-0.1, -0.05) is 0 Å². The largest absolute Gasteiger partial charge is 0.354 e. The molecular formula is C21H23N7O. The van der Waals surface area contributed by atoms with Gasteiger partial charge >= 0.3 is 0 Å². The number of aromatic amines is 1. The fourth-order valence-electron chi connectivity index (χ4n) is 4.56. The van der Waals surface area contributed by atoms with Crippen molar-refractivity contribution in [3.05, 3.63) is 42.0 Å². The molecule has 1 aliphatic carbocycles. The summed E-state index contributed by atoms with van der Waals surface area (Å²) in [7, 11) is 0. The number of anilines is 2. The summed E-state index contributed by atoms with van der Waals surface area (Å²) in [5, 5.41) is 6.75. The Labute approximate surface area is 168 Å². The summed E-state index contributed by atoms with van der Waals surface area (Å²) in [5.74, 6) is 1.49. The molecule has 1 saturated heterocycles. The van der Waals surface area contributed by atoms with E-state index in [0.29, 0.717) is 19.0 Å². The molecule has 8 nitrogen and oxygen atoms in total. The van der Waals surface area contributed by atoms with E-state index < -0.39 is 5.41 Å². The minimum atomic E-state index is -0.629. The van der Waals surface area contributed by atoms with Gasteiger partial charge in [0.15, 0.2) is 0 Å². The van der Waals surface area contributed by atoms with Crippen molar-refractivity contribution in [3.63, 3.8) is 0 Å². The first-order valence-electron chi connectivity index (χ1n) is 10.3. The lowest BCUT2D eigenvalue weighted by molar-refractivity contribution is -0.124. The molecule has 1 spiro atoms. The van der Waals surface area contributed by atoms with Crippen LogP contribution in [0, 0.1) is 5.92 Å². The van der Waals surface area contributed by atoms with Gasteiger partial charge in [0, 0.05) is 30.5 Å². The average Bonchev–Trinajstić information content (AvgIpc) is 3.24. The Morgan fingerprint density at radius 2 is 2.21 bits per heavy atom. The maximum atomic E-state index is 13.8. The number of amides is 1. The number of H-pyrrole nitrogens is 1. The molecule has 1 saturated carbocycles. The predicted molar refractivity (Wildman–Crippen MR) is 110 cm³/mol. The molecule has 2 fully saturated rings. The van der Waals surface area contributed by atoms with Crippen LogP contribution in [-0.2, 0) is 16.8 Å². The highest BCUT2D eigenvalue weighted by atomic mass is 16.2. The van der Waals surface area contributed by atoms with Crippen LogP contribution in [0.4, 0.5) is 11.6 Å². The lowest BCUT2D eigenvalue weighted by atomic mass is 9.77. The number of carbonyl (C=O) groups excluding carboxylic acids is 1. The lowest BCUT2D eigenvalue weighted by Gasteiger charge is -2.39. The number of fused-ring (bicyclic) bond motifs is 3. The first-order chi connectivity index (χ1) is 14.2. The van der Waals surface area contributed by atoms with Gasteiger partial charge in [-0.15, -0.1) is 0 Å². The van der Waals surface area contributed by atoms with Crippen molar-refractivity contribution in [2.45, 2.75) is 31.2 Å². The standard InChI is InChI=1S/C21H23N7O/c29-19-21(5-6-22-11-21)18-14(9-24-20(27-18)23-8-13-1-2-13)10-28(19)15-3-4-16-17(7-15)26-12-25-16/h3-4,7,9,12-13,22H,1-2,5-6,8,10-11H2,(H,25,26)(H,23,24,27). The normalized spacial score (nSPS) is 23.7. The number of hydrogen-bond acceptors (Lipinski definition) is 6. The number of benzene rings is 1. The van der Waals surface area contributed by atoms with Gasteiger partial charge in [0.2, 0.25) is 11.9 Å². The zero-order valence-corrected chi connectivity index (χ0v) is 16.1.